The third kappa shape index (κ3) is 5.89. The van der Waals surface area contributed by atoms with Gasteiger partial charge in [0.25, 0.3) is 0 Å². The van der Waals surface area contributed by atoms with Crippen molar-refractivity contribution in [3.05, 3.63) is 30.6 Å². The fourth-order valence-corrected chi connectivity index (χ4v) is 1.04. The van der Waals surface area contributed by atoms with Crippen LogP contribution in [0.3, 0.4) is 0 Å². The Hall–Kier alpha value is -0.860. The average molecular weight is 278 g/mol. The lowest BCUT2D eigenvalue weighted by Gasteiger charge is -2.04. The fourth-order valence-electron chi connectivity index (χ4n) is 0.438. The molecule has 0 aromatic carbocycles. The lowest BCUT2D eigenvalue weighted by Crippen LogP contribution is -2.24. The van der Waals surface area contributed by atoms with Crippen LogP contribution >= 0.6 is 11.6 Å². The van der Waals surface area contributed by atoms with Gasteiger partial charge in [0.2, 0.25) is 0 Å². The number of hydrogen-bond acceptors (Lipinski definition) is 4. The highest BCUT2D eigenvalue weighted by atomic mass is 35.5. The van der Waals surface area contributed by atoms with Gasteiger partial charge in [0.1, 0.15) is 6.07 Å². The number of hydrogen-bond donors (Lipinski definition) is 0. The van der Waals surface area contributed by atoms with Crippen LogP contribution in [0, 0.1) is 0 Å². The van der Waals surface area contributed by atoms with E-state index in [0.717, 1.165) is 0 Å². The molecule has 1 rings (SSSR count). The Kier molecular flexibility index (Phi) is 6.31. The molecule has 1 aromatic heterocycles. The van der Waals surface area contributed by atoms with E-state index in [9.17, 15) is 21.6 Å². The third-order valence-corrected chi connectivity index (χ3v) is 2.28. The molecule has 0 fully saturated rings. The van der Waals surface area contributed by atoms with Crippen LogP contribution in [0.25, 0.3) is 0 Å². The molecule has 9 heteroatoms. The molecule has 0 atom stereocenters. The van der Waals surface area contributed by atoms with Gasteiger partial charge in [0, 0.05) is 12.4 Å². The van der Waals surface area contributed by atoms with Gasteiger partial charge in [0.15, 0.2) is 0 Å². The Labute approximate surface area is 95.1 Å². The highest BCUT2D eigenvalue weighted by molar-refractivity contribution is 7.87. The first-order chi connectivity index (χ1) is 7.31. The van der Waals surface area contributed by atoms with Gasteiger partial charge in [-0.05, 0) is 12.1 Å². The fraction of sp³-hybridized carbons (Fsp3) is 0.286. The molecule has 0 saturated carbocycles. The van der Waals surface area contributed by atoms with E-state index >= 15 is 0 Å². The predicted molar refractivity (Wildman–Crippen MR) is 51.0 cm³/mol. The van der Waals surface area contributed by atoms with Crippen LogP contribution in [0.4, 0.5) is 13.2 Å². The molecule has 4 nitrogen and oxygen atoms in total. The van der Waals surface area contributed by atoms with Gasteiger partial charge in [0.05, 0.1) is 0 Å². The second kappa shape index (κ2) is 6.66. The van der Waals surface area contributed by atoms with E-state index in [4.69, 9.17) is 0 Å². The van der Waals surface area contributed by atoms with Crippen LogP contribution in [0.5, 0.6) is 0 Å². The largest absolute Gasteiger partial charge is 0.523 e. The quantitative estimate of drug-likeness (QED) is 0.472. The van der Waals surface area contributed by atoms with Crippen molar-refractivity contribution < 1.29 is 25.8 Å². The van der Waals surface area contributed by atoms with Crippen molar-refractivity contribution >= 4 is 21.7 Å². The molecule has 0 radical (unpaired) electrons. The van der Waals surface area contributed by atoms with Crippen LogP contribution in [-0.2, 0) is 14.3 Å². The summed E-state index contributed by atoms with van der Waals surface area (Å²) in [7, 11) is -5.48. The van der Waals surface area contributed by atoms with Gasteiger partial charge in [-0.15, -0.1) is 0 Å². The summed E-state index contributed by atoms with van der Waals surface area (Å²) in [4.78, 5) is 3.78. The lowest BCUT2D eigenvalue weighted by molar-refractivity contribution is -0.0531. The minimum Gasteiger partial charge on any atom is -0.265 e. The topological polar surface area (TPSA) is 56.3 Å². The van der Waals surface area contributed by atoms with E-state index in [0.29, 0.717) is 0 Å². The number of rotatable bonds is 2. The minimum atomic E-state index is -5.48. The number of halogens is 4. The van der Waals surface area contributed by atoms with Crippen LogP contribution in [0.15, 0.2) is 30.6 Å². The molecule has 0 bridgehead atoms. The van der Waals surface area contributed by atoms with Crippen molar-refractivity contribution in [3.8, 4) is 0 Å². The van der Waals surface area contributed by atoms with Crippen molar-refractivity contribution in [2.75, 3.05) is 6.07 Å². The second-order valence-corrected chi connectivity index (χ2v) is 3.98. The van der Waals surface area contributed by atoms with Crippen LogP contribution < -0.4 is 0 Å². The number of pyridine rings is 1. The Morgan fingerprint density at radius 2 is 1.69 bits per heavy atom. The predicted octanol–water partition coefficient (Wildman–Crippen LogP) is 2.13. The van der Waals surface area contributed by atoms with Crippen molar-refractivity contribution in [1.82, 2.24) is 4.98 Å². The standard InChI is InChI=1S/C5H5N.C2H2ClF3O3S/c1-2-4-6-5-3-1;3-1-9-10(7,8)2(4,5)6/h1-5H;1H2. The zero-order chi connectivity index (χ0) is 12.7. The molecule has 0 spiro atoms. The molecule has 0 aliphatic rings. The highest BCUT2D eigenvalue weighted by Gasteiger charge is 2.47. The van der Waals surface area contributed by atoms with Gasteiger partial charge in [-0.2, -0.15) is 21.6 Å². The summed E-state index contributed by atoms with van der Waals surface area (Å²) in [5.74, 6) is 0. The van der Waals surface area contributed by atoms with E-state index in [1.54, 1.807) is 12.4 Å². The van der Waals surface area contributed by atoms with Gasteiger partial charge >= 0.3 is 15.6 Å². The number of nitrogens with zero attached hydrogens (tertiary/aromatic N) is 1. The van der Waals surface area contributed by atoms with Crippen molar-refractivity contribution in [3.63, 3.8) is 0 Å². The molecule has 0 saturated heterocycles. The molecular weight excluding hydrogens is 271 g/mol. The van der Waals surface area contributed by atoms with Gasteiger partial charge in [-0.25, -0.2) is 4.18 Å². The summed E-state index contributed by atoms with van der Waals surface area (Å²) >= 11 is 4.59. The van der Waals surface area contributed by atoms with E-state index in [1.165, 1.54) is 0 Å². The maximum absolute atomic E-state index is 11.2. The maximum Gasteiger partial charge on any atom is 0.523 e. The summed E-state index contributed by atoms with van der Waals surface area (Å²) in [6, 6.07) is 4.68. The number of aromatic nitrogens is 1. The summed E-state index contributed by atoms with van der Waals surface area (Å²) in [6.45, 7) is 0. The first kappa shape index (κ1) is 15.1. The molecule has 0 aliphatic carbocycles. The molecule has 1 heterocycles. The van der Waals surface area contributed by atoms with E-state index < -0.39 is 21.7 Å². The summed E-state index contributed by atoms with van der Waals surface area (Å²) in [5, 5.41) is 0. The lowest BCUT2D eigenvalue weighted by atomic mass is 10.5. The molecular formula is C7H7ClF3NO3S. The van der Waals surface area contributed by atoms with E-state index in [2.05, 4.69) is 20.8 Å². The van der Waals surface area contributed by atoms with Crippen molar-refractivity contribution in [2.45, 2.75) is 5.51 Å². The van der Waals surface area contributed by atoms with E-state index in [-0.39, 0.29) is 0 Å². The van der Waals surface area contributed by atoms with Gasteiger partial charge in [-0.1, -0.05) is 17.7 Å². The summed E-state index contributed by atoms with van der Waals surface area (Å²) in [5.41, 5.74) is -5.39. The molecule has 0 unspecified atom stereocenters. The minimum absolute atomic E-state index is 1.04. The SMILES string of the molecule is O=S(=O)(OCCl)C(F)(F)F.c1ccncc1. The van der Waals surface area contributed by atoms with Gasteiger partial charge < -0.3 is 0 Å². The summed E-state index contributed by atoms with van der Waals surface area (Å²) < 4.78 is 56.6. The number of alkyl halides is 4. The van der Waals surface area contributed by atoms with Crippen LogP contribution in [0.2, 0.25) is 0 Å². The Bertz CT molecular complexity index is 355. The molecule has 0 aliphatic heterocycles. The van der Waals surface area contributed by atoms with E-state index in [1.807, 2.05) is 18.2 Å². The molecule has 92 valence electrons. The molecule has 0 amide bonds. The van der Waals surface area contributed by atoms with Crippen molar-refractivity contribution in [1.29, 1.82) is 0 Å². The monoisotopic (exact) mass is 277 g/mol. The van der Waals surface area contributed by atoms with Crippen LogP contribution in [0.1, 0.15) is 0 Å². The second-order valence-electron chi connectivity index (χ2n) is 2.15. The zero-order valence-corrected chi connectivity index (χ0v) is 9.26. The molecule has 1 aromatic rings. The first-order valence-corrected chi connectivity index (χ1v) is 5.62. The maximum atomic E-state index is 11.2. The van der Waals surface area contributed by atoms with Crippen LogP contribution in [-0.4, -0.2) is 25.0 Å². The Balaban J connectivity index is 0.000000315. The smallest absolute Gasteiger partial charge is 0.265 e. The van der Waals surface area contributed by atoms with Gasteiger partial charge in [-0.3, -0.25) is 4.98 Å². The normalized spacial score (nSPS) is 11.5. The third-order valence-electron chi connectivity index (χ3n) is 1.05. The zero-order valence-electron chi connectivity index (χ0n) is 7.69. The highest BCUT2D eigenvalue weighted by Crippen LogP contribution is 2.24. The Morgan fingerprint density at radius 1 is 1.19 bits per heavy atom. The average Bonchev–Trinajstić information content (AvgIpc) is 2.19. The molecule has 16 heavy (non-hydrogen) atoms. The van der Waals surface area contributed by atoms with Crippen molar-refractivity contribution in [2.24, 2.45) is 0 Å². The first-order valence-electron chi connectivity index (χ1n) is 3.68. The summed E-state index contributed by atoms with van der Waals surface area (Å²) in [6.07, 6.45) is 3.50. The Morgan fingerprint density at radius 3 is 1.81 bits per heavy atom. The molecule has 0 N–H and O–H groups in total.